The van der Waals surface area contributed by atoms with Gasteiger partial charge >= 0.3 is 0 Å². The van der Waals surface area contributed by atoms with Gasteiger partial charge in [0.05, 0.1) is 17.6 Å². The van der Waals surface area contributed by atoms with Gasteiger partial charge < -0.3 is 10.0 Å². The Kier molecular flexibility index (Phi) is 4.55. The quantitative estimate of drug-likeness (QED) is 0.521. The molecular weight excluding hydrogens is 320 g/mol. The number of non-ortho nitro benzene ring substituents is 1. The van der Waals surface area contributed by atoms with Crippen LogP contribution in [0.25, 0.3) is 0 Å². The number of carbonyl (C=O) groups is 1. The van der Waals surface area contributed by atoms with Gasteiger partial charge in [-0.15, -0.1) is 11.6 Å². The number of halogens is 1. The smallest absolute Gasteiger partial charge is 0.269 e. The van der Waals surface area contributed by atoms with Crippen molar-refractivity contribution in [3.05, 3.63) is 39.9 Å². The number of hydrogen-bond acceptors (Lipinski definition) is 4. The molecule has 6 nitrogen and oxygen atoms in total. The van der Waals surface area contributed by atoms with Gasteiger partial charge in [-0.25, -0.2) is 0 Å². The number of alkyl halides is 1. The Morgan fingerprint density at radius 1 is 1.30 bits per heavy atom. The van der Waals surface area contributed by atoms with E-state index in [1.165, 1.54) is 12.1 Å². The molecule has 0 bridgehead atoms. The fourth-order valence-electron chi connectivity index (χ4n) is 3.79. The van der Waals surface area contributed by atoms with E-state index < -0.39 is 4.92 Å². The van der Waals surface area contributed by atoms with Crippen molar-refractivity contribution in [2.45, 2.75) is 49.1 Å². The molecule has 2 aliphatic heterocycles. The zero-order valence-corrected chi connectivity index (χ0v) is 13.4. The maximum atomic E-state index is 12.6. The molecule has 1 aromatic carbocycles. The number of aliphatic hydroxyl groups is 1. The van der Waals surface area contributed by atoms with Gasteiger partial charge in [0.25, 0.3) is 5.69 Å². The summed E-state index contributed by atoms with van der Waals surface area (Å²) in [6.07, 6.45) is 2.65. The largest absolute Gasteiger partial charge is 0.394 e. The molecule has 1 aromatic rings. The van der Waals surface area contributed by atoms with Gasteiger partial charge in [0, 0.05) is 35.9 Å². The van der Waals surface area contributed by atoms with Gasteiger partial charge in [-0.1, -0.05) is 12.1 Å². The summed E-state index contributed by atoms with van der Waals surface area (Å²) >= 11 is 6.57. The molecule has 2 saturated heterocycles. The second-order valence-corrected chi connectivity index (χ2v) is 6.84. The molecule has 2 fully saturated rings. The third kappa shape index (κ3) is 3.05. The molecule has 0 aliphatic carbocycles. The van der Waals surface area contributed by atoms with E-state index in [4.69, 9.17) is 11.6 Å². The Labute approximate surface area is 139 Å². The number of rotatable bonds is 3. The SMILES string of the molecule is O=C1CC(c2ccc([N+](=O)[O-])cc2)C(Cl)CC2CC[C@@H](CO)N12. The van der Waals surface area contributed by atoms with E-state index in [0.29, 0.717) is 6.42 Å². The first-order valence-electron chi connectivity index (χ1n) is 7.81. The second-order valence-electron chi connectivity index (χ2n) is 6.28. The topological polar surface area (TPSA) is 83.7 Å². The highest BCUT2D eigenvalue weighted by Gasteiger charge is 2.42. The summed E-state index contributed by atoms with van der Waals surface area (Å²) in [5.41, 5.74) is 0.881. The molecule has 2 aliphatic rings. The van der Waals surface area contributed by atoms with E-state index in [0.717, 1.165) is 18.4 Å². The van der Waals surface area contributed by atoms with Crippen LogP contribution in [0.15, 0.2) is 24.3 Å². The van der Waals surface area contributed by atoms with Gasteiger partial charge in [-0.2, -0.15) is 0 Å². The van der Waals surface area contributed by atoms with Crippen LogP contribution in [0.2, 0.25) is 0 Å². The van der Waals surface area contributed by atoms with Crippen molar-refractivity contribution < 1.29 is 14.8 Å². The van der Waals surface area contributed by atoms with Gasteiger partial charge in [0.15, 0.2) is 0 Å². The zero-order chi connectivity index (χ0) is 16.6. The van der Waals surface area contributed by atoms with Gasteiger partial charge in [0.2, 0.25) is 5.91 Å². The number of hydrogen-bond donors (Lipinski definition) is 1. The van der Waals surface area contributed by atoms with Gasteiger partial charge in [-0.3, -0.25) is 14.9 Å². The predicted octanol–water partition coefficient (Wildman–Crippen LogP) is 2.43. The number of fused-ring (bicyclic) bond motifs is 1. The summed E-state index contributed by atoms with van der Waals surface area (Å²) < 4.78 is 0. The summed E-state index contributed by atoms with van der Waals surface area (Å²) in [7, 11) is 0. The van der Waals surface area contributed by atoms with Crippen molar-refractivity contribution in [3.63, 3.8) is 0 Å². The summed E-state index contributed by atoms with van der Waals surface area (Å²) in [5.74, 6) is -0.145. The van der Waals surface area contributed by atoms with Crippen LogP contribution in [0.1, 0.15) is 37.2 Å². The first kappa shape index (κ1) is 16.2. The van der Waals surface area contributed by atoms with E-state index in [1.807, 2.05) is 0 Å². The normalized spacial score (nSPS) is 30.9. The molecule has 1 amide bonds. The Bertz CT molecular complexity index is 607. The minimum Gasteiger partial charge on any atom is -0.394 e. The highest BCUT2D eigenvalue weighted by Crippen LogP contribution is 2.40. The van der Waals surface area contributed by atoms with Crippen LogP contribution >= 0.6 is 11.6 Å². The summed E-state index contributed by atoms with van der Waals surface area (Å²) in [5, 5.41) is 20.0. The highest BCUT2D eigenvalue weighted by atomic mass is 35.5. The van der Waals surface area contributed by atoms with Crippen molar-refractivity contribution in [3.8, 4) is 0 Å². The first-order chi connectivity index (χ1) is 11.0. The van der Waals surface area contributed by atoms with Crippen LogP contribution in [-0.4, -0.2) is 44.9 Å². The number of benzene rings is 1. The van der Waals surface area contributed by atoms with Crippen LogP contribution in [0, 0.1) is 10.1 Å². The number of nitro benzene ring substituents is 1. The number of nitro groups is 1. The molecule has 1 N–H and O–H groups in total. The van der Waals surface area contributed by atoms with Crippen molar-refractivity contribution in [2.75, 3.05) is 6.61 Å². The molecule has 7 heteroatoms. The number of aliphatic hydroxyl groups excluding tert-OH is 1. The summed E-state index contributed by atoms with van der Waals surface area (Å²) in [6, 6.07) is 6.26. The van der Waals surface area contributed by atoms with Crippen LogP contribution in [0.5, 0.6) is 0 Å². The number of nitrogens with zero attached hydrogens (tertiary/aromatic N) is 2. The fraction of sp³-hybridized carbons (Fsp3) is 0.562. The average molecular weight is 339 g/mol. The van der Waals surface area contributed by atoms with Crippen molar-refractivity contribution in [1.29, 1.82) is 0 Å². The van der Waals surface area contributed by atoms with E-state index in [2.05, 4.69) is 0 Å². The third-order valence-corrected chi connectivity index (χ3v) is 5.46. The maximum Gasteiger partial charge on any atom is 0.269 e. The number of amides is 1. The van der Waals surface area contributed by atoms with Crippen molar-refractivity contribution >= 4 is 23.2 Å². The predicted molar refractivity (Wildman–Crippen MR) is 85.5 cm³/mol. The van der Waals surface area contributed by atoms with E-state index in [-0.39, 0.29) is 48.0 Å². The first-order valence-corrected chi connectivity index (χ1v) is 8.25. The van der Waals surface area contributed by atoms with E-state index in [1.54, 1.807) is 17.0 Å². The molecule has 2 heterocycles. The number of carbonyl (C=O) groups excluding carboxylic acids is 1. The highest BCUT2D eigenvalue weighted by molar-refractivity contribution is 6.21. The van der Waals surface area contributed by atoms with E-state index >= 15 is 0 Å². The lowest BCUT2D eigenvalue weighted by Gasteiger charge is -2.27. The standard InChI is InChI=1S/C16H19ClN2O4/c17-15-7-12-5-6-13(9-20)18(12)16(21)8-14(15)10-1-3-11(4-2-10)19(22)23/h1-4,12-15,20H,5-9H2/t12?,13-,14?,15?/m0/s1. The minimum absolute atomic E-state index is 0.0121. The van der Waals surface area contributed by atoms with Crippen LogP contribution < -0.4 is 0 Å². The fourth-order valence-corrected chi connectivity index (χ4v) is 4.23. The van der Waals surface area contributed by atoms with Crippen LogP contribution in [-0.2, 0) is 4.79 Å². The molecule has 3 unspecified atom stereocenters. The van der Waals surface area contributed by atoms with Gasteiger partial charge in [-0.05, 0) is 24.8 Å². The Hall–Kier alpha value is -1.66. The van der Waals surface area contributed by atoms with Gasteiger partial charge in [0.1, 0.15) is 0 Å². The molecular formula is C16H19ClN2O4. The van der Waals surface area contributed by atoms with Crippen molar-refractivity contribution in [1.82, 2.24) is 4.90 Å². The van der Waals surface area contributed by atoms with E-state index in [9.17, 15) is 20.0 Å². The summed E-state index contributed by atoms with van der Waals surface area (Å²) in [4.78, 5) is 24.7. The maximum absolute atomic E-state index is 12.6. The molecule has 0 aromatic heterocycles. The average Bonchev–Trinajstić information content (AvgIpc) is 2.89. The molecule has 4 atom stereocenters. The third-order valence-electron chi connectivity index (χ3n) is 4.98. The van der Waals surface area contributed by atoms with Crippen molar-refractivity contribution in [2.24, 2.45) is 0 Å². The Morgan fingerprint density at radius 2 is 2.00 bits per heavy atom. The molecule has 0 saturated carbocycles. The monoisotopic (exact) mass is 338 g/mol. The lowest BCUT2D eigenvalue weighted by atomic mass is 9.90. The molecule has 23 heavy (non-hydrogen) atoms. The van der Waals surface area contributed by atoms with Crippen LogP contribution in [0.4, 0.5) is 5.69 Å². The second kappa shape index (κ2) is 6.45. The minimum atomic E-state index is -0.442. The summed E-state index contributed by atoms with van der Waals surface area (Å²) in [6.45, 7) is -0.0165. The lowest BCUT2D eigenvalue weighted by Crippen LogP contribution is -2.41. The molecule has 0 radical (unpaired) electrons. The Balaban J connectivity index is 1.83. The molecule has 124 valence electrons. The molecule has 0 spiro atoms. The lowest BCUT2D eigenvalue weighted by molar-refractivity contribution is -0.384. The Morgan fingerprint density at radius 3 is 2.61 bits per heavy atom. The van der Waals surface area contributed by atoms with Crippen LogP contribution in [0.3, 0.4) is 0 Å². The molecule has 3 rings (SSSR count). The zero-order valence-electron chi connectivity index (χ0n) is 12.6.